The Bertz CT molecular complexity index is 485. The van der Waals surface area contributed by atoms with Gasteiger partial charge in [0.15, 0.2) is 0 Å². The number of aryl methyl sites for hydroxylation is 1. The molecule has 1 fully saturated rings. The van der Waals surface area contributed by atoms with Crippen molar-refractivity contribution in [3.8, 4) is 0 Å². The molecular weight excluding hydrogens is 255 g/mol. The van der Waals surface area contributed by atoms with Gasteiger partial charge in [-0.15, -0.1) is 0 Å². The van der Waals surface area contributed by atoms with Gasteiger partial charge in [-0.25, -0.2) is 4.39 Å². The molecule has 110 valence electrons. The topological polar surface area (TPSA) is 23.6 Å². The summed E-state index contributed by atoms with van der Waals surface area (Å²) in [5, 5.41) is 0. The maximum absolute atomic E-state index is 13.8. The number of rotatable bonds is 4. The van der Waals surface area contributed by atoms with Gasteiger partial charge in [-0.2, -0.15) is 0 Å². The highest BCUT2D eigenvalue weighted by atomic mass is 19.1. The SMILES string of the molecule is CCN(CC)C1CCN(C(=O)c2cc(C)ccc2F)C1. The second-order valence-corrected chi connectivity index (χ2v) is 5.40. The van der Waals surface area contributed by atoms with Crippen molar-refractivity contribution < 1.29 is 9.18 Å². The lowest BCUT2D eigenvalue weighted by atomic mass is 10.1. The van der Waals surface area contributed by atoms with E-state index in [-0.39, 0.29) is 11.5 Å². The molecule has 0 bridgehead atoms. The van der Waals surface area contributed by atoms with Crippen molar-refractivity contribution in [1.29, 1.82) is 0 Å². The van der Waals surface area contributed by atoms with Crippen LogP contribution in [0.3, 0.4) is 0 Å². The molecule has 2 rings (SSSR count). The average Bonchev–Trinajstić information content (AvgIpc) is 2.92. The van der Waals surface area contributed by atoms with E-state index in [1.54, 1.807) is 17.0 Å². The third kappa shape index (κ3) is 3.01. The minimum atomic E-state index is -0.424. The molecule has 0 N–H and O–H groups in total. The number of carbonyl (C=O) groups excluding carboxylic acids is 1. The Balaban J connectivity index is 2.10. The molecule has 1 aliphatic rings. The van der Waals surface area contributed by atoms with E-state index in [0.29, 0.717) is 19.1 Å². The van der Waals surface area contributed by atoms with Crippen molar-refractivity contribution in [2.45, 2.75) is 33.2 Å². The Hall–Kier alpha value is -1.42. The monoisotopic (exact) mass is 278 g/mol. The van der Waals surface area contributed by atoms with Crippen molar-refractivity contribution in [3.05, 3.63) is 35.1 Å². The third-order valence-electron chi connectivity index (χ3n) is 4.13. The van der Waals surface area contributed by atoms with Crippen molar-refractivity contribution >= 4 is 5.91 Å². The zero-order valence-electron chi connectivity index (χ0n) is 12.5. The maximum atomic E-state index is 13.8. The lowest BCUT2D eigenvalue weighted by molar-refractivity contribution is 0.0773. The zero-order valence-corrected chi connectivity index (χ0v) is 12.5. The fraction of sp³-hybridized carbons (Fsp3) is 0.562. The van der Waals surface area contributed by atoms with Gasteiger partial charge in [0, 0.05) is 19.1 Å². The van der Waals surface area contributed by atoms with Crippen molar-refractivity contribution in [3.63, 3.8) is 0 Å². The second kappa shape index (κ2) is 6.35. The van der Waals surface area contributed by atoms with Crippen LogP contribution in [0, 0.1) is 12.7 Å². The molecule has 3 nitrogen and oxygen atoms in total. The van der Waals surface area contributed by atoms with Crippen molar-refractivity contribution in [1.82, 2.24) is 9.80 Å². The van der Waals surface area contributed by atoms with Crippen LogP contribution in [0.5, 0.6) is 0 Å². The van der Waals surface area contributed by atoms with Gasteiger partial charge in [0.25, 0.3) is 5.91 Å². The number of hydrogen-bond acceptors (Lipinski definition) is 2. The Morgan fingerprint density at radius 1 is 1.40 bits per heavy atom. The Kier molecular flexibility index (Phi) is 4.76. The standard InChI is InChI=1S/C16H23FN2O/c1-4-18(5-2)13-8-9-19(11-13)16(20)14-10-12(3)6-7-15(14)17/h6-7,10,13H,4-5,8-9,11H2,1-3H3. The van der Waals surface area contributed by atoms with E-state index < -0.39 is 5.82 Å². The van der Waals surface area contributed by atoms with Crippen LogP contribution in [-0.4, -0.2) is 47.9 Å². The highest BCUT2D eigenvalue weighted by Gasteiger charge is 2.30. The smallest absolute Gasteiger partial charge is 0.256 e. The van der Waals surface area contributed by atoms with Gasteiger partial charge in [0.2, 0.25) is 0 Å². The molecule has 0 saturated carbocycles. The zero-order chi connectivity index (χ0) is 14.7. The van der Waals surface area contributed by atoms with E-state index in [9.17, 15) is 9.18 Å². The summed E-state index contributed by atoms with van der Waals surface area (Å²) >= 11 is 0. The fourth-order valence-corrected chi connectivity index (χ4v) is 2.94. The summed E-state index contributed by atoms with van der Waals surface area (Å²) in [5.41, 5.74) is 1.11. The predicted molar refractivity (Wildman–Crippen MR) is 78.4 cm³/mol. The summed E-state index contributed by atoms with van der Waals surface area (Å²) in [6, 6.07) is 5.11. The molecule has 1 heterocycles. The quantitative estimate of drug-likeness (QED) is 0.845. The predicted octanol–water partition coefficient (Wildman–Crippen LogP) is 2.69. The lowest BCUT2D eigenvalue weighted by Gasteiger charge is -2.26. The van der Waals surface area contributed by atoms with E-state index >= 15 is 0 Å². The van der Waals surface area contributed by atoms with Crippen LogP contribution in [0.15, 0.2) is 18.2 Å². The van der Waals surface area contributed by atoms with Crippen LogP contribution in [0.1, 0.15) is 36.2 Å². The largest absolute Gasteiger partial charge is 0.337 e. The lowest BCUT2D eigenvalue weighted by Crippen LogP contribution is -2.38. The number of benzene rings is 1. The number of nitrogens with zero attached hydrogens (tertiary/aromatic N) is 2. The average molecular weight is 278 g/mol. The molecule has 1 amide bonds. The third-order valence-corrected chi connectivity index (χ3v) is 4.13. The number of likely N-dealkylation sites (tertiary alicyclic amines) is 1. The molecule has 0 aromatic heterocycles. The highest BCUT2D eigenvalue weighted by Crippen LogP contribution is 2.20. The summed E-state index contributed by atoms with van der Waals surface area (Å²) < 4.78 is 13.8. The van der Waals surface area contributed by atoms with Crippen LogP contribution in [0.4, 0.5) is 4.39 Å². The Labute approximate surface area is 120 Å². The second-order valence-electron chi connectivity index (χ2n) is 5.40. The summed E-state index contributed by atoms with van der Waals surface area (Å²) in [6.07, 6.45) is 0.973. The van der Waals surface area contributed by atoms with E-state index in [4.69, 9.17) is 0 Å². The molecule has 1 unspecified atom stereocenters. The van der Waals surface area contributed by atoms with Gasteiger partial charge >= 0.3 is 0 Å². The molecule has 1 aromatic carbocycles. The number of halogens is 1. The summed E-state index contributed by atoms with van der Waals surface area (Å²) in [5.74, 6) is -0.604. The van der Waals surface area contributed by atoms with Gasteiger partial charge in [-0.3, -0.25) is 9.69 Å². The van der Waals surface area contributed by atoms with Crippen LogP contribution in [0.25, 0.3) is 0 Å². The van der Waals surface area contributed by atoms with E-state index in [1.807, 2.05) is 6.92 Å². The van der Waals surface area contributed by atoms with Gasteiger partial charge in [0.05, 0.1) is 5.56 Å². The minimum absolute atomic E-state index is 0.180. The number of hydrogen-bond donors (Lipinski definition) is 0. The van der Waals surface area contributed by atoms with Gasteiger partial charge in [0.1, 0.15) is 5.82 Å². The first kappa shape index (κ1) is 15.0. The molecule has 1 atom stereocenters. The van der Waals surface area contributed by atoms with Gasteiger partial charge in [-0.1, -0.05) is 25.5 Å². The van der Waals surface area contributed by atoms with Gasteiger partial charge in [-0.05, 0) is 38.6 Å². The van der Waals surface area contributed by atoms with E-state index in [1.165, 1.54) is 6.07 Å². The maximum Gasteiger partial charge on any atom is 0.256 e. The Morgan fingerprint density at radius 2 is 2.10 bits per heavy atom. The number of amides is 1. The van der Waals surface area contributed by atoms with Crippen LogP contribution < -0.4 is 0 Å². The van der Waals surface area contributed by atoms with E-state index in [0.717, 1.165) is 25.1 Å². The highest BCUT2D eigenvalue weighted by molar-refractivity contribution is 5.94. The summed E-state index contributed by atoms with van der Waals surface area (Å²) in [7, 11) is 0. The molecule has 0 radical (unpaired) electrons. The number of likely N-dealkylation sites (N-methyl/N-ethyl adjacent to an activating group) is 1. The fourth-order valence-electron chi connectivity index (χ4n) is 2.94. The first-order valence-electron chi connectivity index (χ1n) is 7.36. The number of carbonyl (C=O) groups is 1. The molecule has 1 aliphatic heterocycles. The molecule has 1 aromatic rings. The minimum Gasteiger partial charge on any atom is -0.337 e. The molecule has 4 heteroatoms. The first-order chi connectivity index (χ1) is 9.56. The summed E-state index contributed by atoms with van der Waals surface area (Å²) in [6.45, 7) is 9.53. The van der Waals surface area contributed by atoms with Crippen LogP contribution >= 0.6 is 0 Å². The molecule has 0 spiro atoms. The van der Waals surface area contributed by atoms with E-state index in [2.05, 4.69) is 18.7 Å². The first-order valence-corrected chi connectivity index (χ1v) is 7.36. The molecule has 20 heavy (non-hydrogen) atoms. The molecule has 1 saturated heterocycles. The van der Waals surface area contributed by atoms with Crippen molar-refractivity contribution in [2.24, 2.45) is 0 Å². The van der Waals surface area contributed by atoms with Crippen LogP contribution in [0.2, 0.25) is 0 Å². The molecule has 0 aliphatic carbocycles. The Morgan fingerprint density at radius 3 is 2.75 bits per heavy atom. The molecular formula is C16H23FN2O. The normalized spacial score (nSPS) is 18.9. The van der Waals surface area contributed by atoms with Crippen LogP contribution in [-0.2, 0) is 0 Å². The van der Waals surface area contributed by atoms with Gasteiger partial charge < -0.3 is 4.90 Å². The van der Waals surface area contributed by atoms with Crippen molar-refractivity contribution in [2.75, 3.05) is 26.2 Å². The summed E-state index contributed by atoms with van der Waals surface area (Å²) in [4.78, 5) is 16.6.